The molecule has 0 fully saturated rings. The minimum Gasteiger partial charge on any atom is -0.310 e. The summed E-state index contributed by atoms with van der Waals surface area (Å²) in [5.74, 6) is 0.122. The Labute approximate surface area is 157 Å². The lowest BCUT2D eigenvalue weighted by Crippen LogP contribution is -2.16. The summed E-state index contributed by atoms with van der Waals surface area (Å²) in [6.45, 7) is 3.77. The highest BCUT2D eigenvalue weighted by Crippen LogP contribution is 2.23. The molecule has 0 saturated carbocycles. The Morgan fingerprint density at radius 3 is 2.63 bits per heavy atom. The lowest BCUT2D eigenvalue weighted by atomic mass is 10.1. The molecule has 1 heterocycles. The van der Waals surface area contributed by atoms with Crippen molar-refractivity contribution >= 4 is 11.7 Å². The van der Waals surface area contributed by atoms with Crippen LogP contribution in [0.3, 0.4) is 0 Å². The number of halogens is 1. The van der Waals surface area contributed by atoms with Crippen molar-refractivity contribution in [1.29, 1.82) is 5.26 Å². The lowest BCUT2D eigenvalue weighted by molar-refractivity contribution is -0.116. The molecular formula is C21H19FN4O. The average molecular weight is 362 g/mol. The molecule has 1 amide bonds. The van der Waals surface area contributed by atoms with Crippen molar-refractivity contribution in [3.8, 4) is 11.8 Å². The Morgan fingerprint density at radius 1 is 1.22 bits per heavy atom. The van der Waals surface area contributed by atoms with Gasteiger partial charge in [-0.25, -0.2) is 9.07 Å². The maximum Gasteiger partial charge on any atom is 0.225 e. The number of carbonyl (C=O) groups excluding carboxylic acids is 1. The first-order valence-electron chi connectivity index (χ1n) is 8.59. The maximum absolute atomic E-state index is 13.3. The molecule has 0 unspecified atom stereocenters. The zero-order chi connectivity index (χ0) is 19.4. The summed E-state index contributed by atoms with van der Waals surface area (Å²) in [7, 11) is 0. The smallest absolute Gasteiger partial charge is 0.225 e. The van der Waals surface area contributed by atoms with Crippen LogP contribution < -0.4 is 5.32 Å². The minimum absolute atomic E-state index is 0.169. The van der Waals surface area contributed by atoms with Crippen LogP contribution in [0.15, 0.2) is 48.5 Å². The molecule has 0 aliphatic rings. The number of nitrogens with zero attached hydrogens (tertiary/aromatic N) is 3. The van der Waals surface area contributed by atoms with Crippen LogP contribution in [0.5, 0.6) is 0 Å². The van der Waals surface area contributed by atoms with E-state index in [4.69, 9.17) is 5.26 Å². The molecular weight excluding hydrogens is 343 g/mol. The van der Waals surface area contributed by atoms with E-state index in [1.54, 1.807) is 41.1 Å². The molecule has 1 N–H and O–H groups in total. The fourth-order valence-electron chi connectivity index (χ4n) is 2.76. The third kappa shape index (κ3) is 4.21. The molecule has 0 spiro atoms. The first-order chi connectivity index (χ1) is 13.0. The SMILES string of the molecule is Cc1nn(-c2ccc(C#N)cc2)c(NC(=O)CCc2cccc(F)c2)c1C. The second kappa shape index (κ2) is 7.83. The molecule has 0 radical (unpaired) electrons. The van der Waals surface area contributed by atoms with Gasteiger partial charge < -0.3 is 5.32 Å². The Balaban J connectivity index is 1.77. The third-order valence-electron chi connectivity index (χ3n) is 4.39. The van der Waals surface area contributed by atoms with Gasteiger partial charge in [0.2, 0.25) is 5.91 Å². The van der Waals surface area contributed by atoms with E-state index in [2.05, 4.69) is 16.5 Å². The van der Waals surface area contributed by atoms with Gasteiger partial charge in [0, 0.05) is 12.0 Å². The quantitative estimate of drug-likeness (QED) is 0.744. The molecule has 136 valence electrons. The molecule has 0 aliphatic carbocycles. The predicted molar refractivity (Wildman–Crippen MR) is 101 cm³/mol. The van der Waals surface area contributed by atoms with E-state index in [9.17, 15) is 9.18 Å². The number of amides is 1. The zero-order valence-electron chi connectivity index (χ0n) is 15.2. The number of aromatic nitrogens is 2. The monoisotopic (exact) mass is 362 g/mol. The fraction of sp³-hybridized carbons (Fsp3) is 0.190. The molecule has 3 aromatic rings. The Kier molecular flexibility index (Phi) is 5.32. The van der Waals surface area contributed by atoms with E-state index < -0.39 is 0 Å². The molecule has 5 nitrogen and oxygen atoms in total. The van der Waals surface area contributed by atoms with Crippen LogP contribution in [-0.2, 0) is 11.2 Å². The topological polar surface area (TPSA) is 70.7 Å². The van der Waals surface area contributed by atoms with Gasteiger partial charge in [0.25, 0.3) is 0 Å². The van der Waals surface area contributed by atoms with E-state index >= 15 is 0 Å². The Hall–Kier alpha value is -3.46. The molecule has 2 aromatic carbocycles. The van der Waals surface area contributed by atoms with Crippen LogP contribution in [0, 0.1) is 31.0 Å². The highest BCUT2D eigenvalue weighted by atomic mass is 19.1. The van der Waals surface area contributed by atoms with Crippen molar-refractivity contribution < 1.29 is 9.18 Å². The largest absolute Gasteiger partial charge is 0.310 e. The highest BCUT2D eigenvalue weighted by molar-refractivity contribution is 5.91. The summed E-state index contributed by atoms with van der Waals surface area (Å²) in [6.07, 6.45) is 0.688. The number of carbonyl (C=O) groups is 1. The van der Waals surface area contributed by atoms with Crippen LogP contribution in [0.4, 0.5) is 10.2 Å². The van der Waals surface area contributed by atoms with Crippen molar-refractivity contribution in [1.82, 2.24) is 9.78 Å². The number of anilines is 1. The van der Waals surface area contributed by atoms with E-state index in [1.165, 1.54) is 12.1 Å². The number of nitrogens with one attached hydrogen (secondary N) is 1. The summed E-state index contributed by atoms with van der Waals surface area (Å²) < 4.78 is 14.9. The van der Waals surface area contributed by atoms with Gasteiger partial charge in [-0.3, -0.25) is 4.79 Å². The van der Waals surface area contributed by atoms with Gasteiger partial charge in [0.05, 0.1) is 23.0 Å². The van der Waals surface area contributed by atoms with Gasteiger partial charge in [-0.15, -0.1) is 0 Å². The fourth-order valence-corrected chi connectivity index (χ4v) is 2.76. The summed E-state index contributed by atoms with van der Waals surface area (Å²) in [4.78, 5) is 12.4. The normalized spacial score (nSPS) is 10.4. The number of rotatable bonds is 5. The third-order valence-corrected chi connectivity index (χ3v) is 4.39. The van der Waals surface area contributed by atoms with Crippen LogP contribution in [0.1, 0.15) is 28.8 Å². The molecule has 1 aromatic heterocycles. The van der Waals surface area contributed by atoms with Gasteiger partial charge in [0.1, 0.15) is 11.6 Å². The van der Waals surface area contributed by atoms with Crippen molar-refractivity contribution in [2.75, 3.05) is 5.32 Å². The second-order valence-electron chi connectivity index (χ2n) is 6.31. The van der Waals surface area contributed by atoms with Crippen molar-refractivity contribution in [2.24, 2.45) is 0 Å². The number of hydrogen-bond acceptors (Lipinski definition) is 3. The predicted octanol–water partition coefficient (Wildman–Crippen LogP) is 4.07. The molecule has 0 saturated heterocycles. The zero-order valence-corrected chi connectivity index (χ0v) is 15.2. The molecule has 27 heavy (non-hydrogen) atoms. The van der Waals surface area contributed by atoms with Gasteiger partial charge in [-0.05, 0) is 62.2 Å². The molecule has 0 aliphatic heterocycles. The Bertz CT molecular complexity index is 1020. The van der Waals surface area contributed by atoms with Crippen LogP contribution in [0.25, 0.3) is 5.69 Å². The summed E-state index contributed by atoms with van der Waals surface area (Å²) in [5, 5.41) is 16.3. The summed E-state index contributed by atoms with van der Waals surface area (Å²) in [6, 6.07) is 15.3. The average Bonchev–Trinajstić information content (AvgIpc) is 2.95. The van der Waals surface area contributed by atoms with Gasteiger partial charge in [0.15, 0.2) is 0 Å². The summed E-state index contributed by atoms with van der Waals surface area (Å²) in [5.41, 5.74) is 3.77. The number of benzene rings is 2. The second-order valence-corrected chi connectivity index (χ2v) is 6.31. The van der Waals surface area contributed by atoms with Crippen LogP contribution in [-0.4, -0.2) is 15.7 Å². The molecule has 0 atom stereocenters. The van der Waals surface area contributed by atoms with Gasteiger partial charge in [-0.2, -0.15) is 10.4 Å². The van der Waals surface area contributed by atoms with Gasteiger partial charge in [-0.1, -0.05) is 12.1 Å². The van der Waals surface area contributed by atoms with Crippen LogP contribution >= 0.6 is 0 Å². The molecule has 6 heteroatoms. The standard InChI is InChI=1S/C21H19FN4O/c1-14-15(2)25-26(19-9-6-17(13-23)7-10-19)21(14)24-20(27)11-8-16-4-3-5-18(22)12-16/h3-7,9-10,12H,8,11H2,1-2H3,(H,24,27). The molecule has 3 rings (SSSR count). The number of hydrogen-bond donors (Lipinski definition) is 1. The molecule has 0 bridgehead atoms. The Morgan fingerprint density at radius 2 is 1.96 bits per heavy atom. The van der Waals surface area contributed by atoms with E-state index in [-0.39, 0.29) is 18.1 Å². The lowest BCUT2D eigenvalue weighted by Gasteiger charge is -2.10. The number of aryl methyl sites for hydroxylation is 2. The maximum atomic E-state index is 13.3. The first kappa shape index (κ1) is 18.3. The van der Waals surface area contributed by atoms with Gasteiger partial charge >= 0.3 is 0 Å². The van der Waals surface area contributed by atoms with Crippen molar-refractivity contribution in [3.63, 3.8) is 0 Å². The van der Waals surface area contributed by atoms with E-state index in [0.29, 0.717) is 17.8 Å². The van der Waals surface area contributed by atoms with Crippen LogP contribution in [0.2, 0.25) is 0 Å². The first-order valence-corrected chi connectivity index (χ1v) is 8.59. The van der Waals surface area contributed by atoms with E-state index in [0.717, 1.165) is 22.5 Å². The van der Waals surface area contributed by atoms with Crippen molar-refractivity contribution in [3.05, 3.63) is 76.7 Å². The van der Waals surface area contributed by atoms with Crippen molar-refractivity contribution in [2.45, 2.75) is 26.7 Å². The highest BCUT2D eigenvalue weighted by Gasteiger charge is 2.16. The number of nitriles is 1. The van der Waals surface area contributed by atoms with E-state index in [1.807, 2.05) is 13.8 Å². The summed E-state index contributed by atoms with van der Waals surface area (Å²) >= 11 is 0. The minimum atomic E-state index is -0.307.